The highest BCUT2D eigenvalue weighted by molar-refractivity contribution is 8.00. The van der Waals surface area contributed by atoms with E-state index in [9.17, 15) is 9.59 Å². The average Bonchev–Trinajstić information content (AvgIpc) is 3.01. The molecule has 0 saturated heterocycles. The predicted octanol–water partition coefficient (Wildman–Crippen LogP) is 3.62. The zero-order chi connectivity index (χ0) is 16.1. The van der Waals surface area contributed by atoms with Gasteiger partial charge in [-0.1, -0.05) is 24.3 Å². The monoisotopic (exact) mass is 326 g/mol. The van der Waals surface area contributed by atoms with E-state index >= 15 is 0 Å². The second-order valence-corrected chi connectivity index (χ2v) is 6.49. The molecule has 2 aromatic carbocycles. The molecule has 4 nitrogen and oxygen atoms in total. The van der Waals surface area contributed by atoms with Crippen molar-refractivity contribution in [1.82, 2.24) is 5.32 Å². The summed E-state index contributed by atoms with van der Waals surface area (Å²) in [6.07, 6.45) is 3.49. The molecule has 0 unspecified atom stereocenters. The van der Waals surface area contributed by atoms with Crippen molar-refractivity contribution in [2.75, 3.05) is 11.1 Å². The molecule has 0 spiro atoms. The van der Waals surface area contributed by atoms with Crippen LogP contribution in [-0.4, -0.2) is 17.7 Å². The fourth-order valence-corrected chi connectivity index (χ4v) is 3.39. The molecule has 0 saturated carbocycles. The molecule has 5 heteroatoms. The number of benzene rings is 2. The lowest BCUT2D eigenvalue weighted by molar-refractivity contribution is -0.117. The van der Waals surface area contributed by atoms with Crippen LogP contribution in [0.25, 0.3) is 0 Å². The normalized spacial score (nSPS) is 12.5. The van der Waals surface area contributed by atoms with Gasteiger partial charge in [0.1, 0.15) is 0 Å². The lowest BCUT2D eigenvalue weighted by Crippen LogP contribution is -2.35. The van der Waals surface area contributed by atoms with Crippen molar-refractivity contribution in [2.45, 2.75) is 24.2 Å². The van der Waals surface area contributed by atoms with Crippen molar-refractivity contribution in [3.05, 3.63) is 59.7 Å². The van der Waals surface area contributed by atoms with Crippen molar-refractivity contribution in [3.63, 3.8) is 0 Å². The Kier molecular flexibility index (Phi) is 4.98. The van der Waals surface area contributed by atoms with Crippen LogP contribution in [0.2, 0.25) is 0 Å². The zero-order valence-corrected chi connectivity index (χ0v) is 13.5. The quantitative estimate of drug-likeness (QED) is 0.844. The minimum atomic E-state index is -0.504. The SMILES string of the molecule is O=C(CSc1ccc2c(c1)CCC2)NC(=O)Nc1ccccc1. The molecule has 0 aliphatic heterocycles. The largest absolute Gasteiger partial charge is 0.325 e. The number of carbonyl (C=O) groups excluding carboxylic acids is 2. The first kappa shape index (κ1) is 15.6. The van der Waals surface area contributed by atoms with Gasteiger partial charge in [-0.2, -0.15) is 0 Å². The molecule has 0 fully saturated rings. The van der Waals surface area contributed by atoms with Gasteiger partial charge < -0.3 is 5.32 Å². The Labute approximate surface area is 139 Å². The third-order valence-corrected chi connectivity index (χ3v) is 4.72. The molecule has 3 amide bonds. The van der Waals surface area contributed by atoms with Gasteiger partial charge in [0.2, 0.25) is 5.91 Å². The maximum atomic E-state index is 11.9. The van der Waals surface area contributed by atoms with Gasteiger partial charge in [-0.15, -0.1) is 11.8 Å². The minimum absolute atomic E-state index is 0.223. The number of aryl methyl sites for hydroxylation is 2. The van der Waals surface area contributed by atoms with Crippen molar-refractivity contribution in [1.29, 1.82) is 0 Å². The van der Waals surface area contributed by atoms with E-state index in [-0.39, 0.29) is 11.7 Å². The molecule has 2 aromatic rings. The first-order valence-corrected chi connectivity index (χ1v) is 8.60. The molecule has 3 rings (SSSR count). The lowest BCUT2D eigenvalue weighted by Gasteiger charge is -2.07. The summed E-state index contributed by atoms with van der Waals surface area (Å²) in [5, 5.41) is 4.97. The fraction of sp³-hybridized carbons (Fsp3) is 0.222. The third-order valence-electron chi connectivity index (χ3n) is 3.72. The van der Waals surface area contributed by atoms with E-state index < -0.39 is 6.03 Å². The van der Waals surface area contributed by atoms with E-state index in [1.807, 2.05) is 24.3 Å². The highest BCUT2D eigenvalue weighted by atomic mass is 32.2. The first-order valence-electron chi connectivity index (χ1n) is 7.61. The van der Waals surface area contributed by atoms with Gasteiger partial charge in [-0.3, -0.25) is 10.1 Å². The molecule has 118 valence electrons. The van der Waals surface area contributed by atoms with E-state index in [0.29, 0.717) is 5.69 Å². The van der Waals surface area contributed by atoms with Gasteiger partial charge in [-0.05, 0) is 54.7 Å². The van der Waals surface area contributed by atoms with Crippen LogP contribution in [0.3, 0.4) is 0 Å². The number of rotatable bonds is 4. The molecular weight excluding hydrogens is 308 g/mol. The van der Waals surface area contributed by atoms with Crippen molar-refractivity contribution >= 4 is 29.4 Å². The molecule has 0 atom stereocenters. The Bertz CT molecular complexity index is 716. The minimum Gasteiger partial charge on any atom is -0.308 e. The number of carbonyl (C=O) groups is 2. The van der Waals surface area contributed by atoms with E-state index in [1.165, 1.54) is 29.3 Å². The molecule has 2 N–H and O–H groups in total. The number of amides is 3. The van der Waals surface area contributed by atoms with Crippen LogP contribution in [0, 0.1) is 0 Å². The zero-order valence-electron chi connectivity index (χ0n) is 12.7. The molecule has 0 heterocycles. The molecule has 0 aromatic heterocycles. The molecule has 1 aliphatic carbocycles. The summed E-state index contributed by atoms with van der Waals surface area (Å²) in [4.78, 5) is 24.7. The number of nitrogens with one attached hydrogen (secondary N) is 2. The van der Waals surface area contributed by atoms with Crippen LogP contribution in [0.4, 0.5) is 10.5 Å². The number of para-hydroxylation sites is 1. The number of anilines is 1. The summed E-state index contributed by atoms with van der Waals surface area (Å²) in [6, 6.07) is 14.9. The Balaban J connectivity index is 1.47. The second-order valence-electron chi connectivity index (χ2n) is 5.44. The van der Waals surface area contributed by atoms with Crippen LogP contribution in [-0.2, 0) is 17.6 Å². The average molecular weight is 326 g/mol. The molecule has 23 heavy (non-hydrogen) atoms. The van der Waals surface area contributed by atoms with Gasteiger partial charge in [0, 0.05) is 10.6 Å². The summed E-state index contributed by atoms with van der Waals surface area (Å²) >= 11 is 1.45. The highest BCUT2D eigenvalue weighted by Crippen LogP contribution is 2.27. The topological polar surface area (TPSA) is 58.2 Å². The highest BCUT2D eigenvalue weighted by Gasteiger charge is 2.12. The van der Waals surface area contributed by atoms with E-state index in [1.54, 1.807) is 12.1 Å². The van der Waals surface area contributed by atoms with Crippen LogP contribution in [0.15, 0.2) is 53.4 Å². The maximum absolute atomic E-state index is 11.9. The first-order chi connectivity index (χ1) is 11.2. The number of fused-ring (bicyclic) bond motifs is 1. The van der Waals surface area contributed by atoms with Crippen LogP contribution >= 0.6 is 11.8 Å². The molecule has 1 aliphatic rings. The molecule has 0 radical (unpaired) electrons. The van der Waals surface area contributed by atoms with Gasteiger partial charge in [0.25, 0.3) is 0 Å². The molecular formula is C18H18N2O2S. The number of hydrogen-bond acceptors (Lipinski definition) is 3. The van der Waals surface area contributed by atoms with Crippen molar-refractivity contribution in [3.8, 4) is 0 Å². The Hall–Kier alpha value is -2.27. The van der Waals surface area contributed by atoms with E-state index in [4.69, 9.17) is 0 Å². The van der Waals surface area contributed by atoms with Crippen molar-refractivity contribution < 1.29 is 9.59 Å². The Morgan fingerprint density at radius 3 is 2.61 bits per heavy atom. The summed E-state index contributed by atoms with van der Waals surface area (Å²) in [6.45, 7) is 0. The summed E-state index contributed by atoms with van der Waals surface area (Å²) < 4.78 is 0. The van der Waals surface area contributed by atoms with Crippen LogP contribution in [0.1, 0.15) is 17.5 Å². The summed E-state index contributed by atoms with van der Waals surface area (Å²) in [7, 11) is 0. The summed E-state index contributed by atoms with van der Waals surface area (Å²) in [5.41, 5.74) is 3.46. The van der Waals surface area contributed by atoms with Gasteiger partial charge in [-0.25, -0.2) is 4.79 Å². The van der Waals surface area contributed by atoms with E-state index in [0.717, 1.165) is 17.7 Å². The smallest absolute Gasteiger partial charge is 0.308 e. The lowest BCUT2D eigenvalue weighted by atomic mass is 10.1. The van der Waals surface area contributed by atoms with Crippen LogP contribution in [0.5, 0.6) is 0 Å². The Morgan fingerprint density at radius 2 is 1.78 bits per heavy atom. The molecule has 0 bridgehead atoms. The Morgan fingerprint density at radius 1 is 1.00 bits per heavy atom. The van der Waals surface area contributed by atoms with Crippen LogP contribution < -0.4 is 10.6 Å². The fourth-order valence-electron chi connectivity index (χ4n) is 2.63. The second kappa shape index (κ2) is 7.33. The van der Waals surface area contributed by atoms with Gasteiger partial charge in [0.15, 0.2) is 0 Å². The van der Waals surface area contributed by atoms with Gasteiger partial charge in [0.05, 0.1) is 5.75 Å². The predicted molar refractivity (Wildman–Crippen MR) is 92.8 cm³/mol. The number of imide groups is 1. The number of urea groups is 1. The summed E-state index contributed by atoms with van der Waals surface area (Å²) in [5.74, 6) is -0.0787. The number of hydrogen-bond donors (Lipinski definition) is 2. The van der Waals surface area contributed by atoms with E-state index in [2.05, 4.69) is 22.8 Å². The standard InChI is InChI=1S/C18H18N2O2S/c21-17(20-18(22)19-15-7-2-1-3-8-15)12-23-16-10-9-13-5-4-6-14(13)11-16/h1-3,7-11H,4-6,12H2,(H2,19,20,21,22). The maximum Gasteiger partial charge on any atom is 0.325 e. The van der Waals surface area contributed by atoms with Crippen molar-refractivity contribution in [2.24, 2.45) is 0 Å². The van der Waals surface area contributed by atoms with Gasteiger partial charge >= 0.3 is 6.03 Å². The third kappa shape index (κ3) is 4.36. The number of thioether (sulfide) groups is 1.